The van der Waals surface area contributed by atoms with Crippen molar-refractivity contribution in [1.82, 2.24) is 0 Å². The number of hydrogen-bond acceptors (Lipinski definition) is 4. The van der Waals surface area contributed by atoms with E-state index in [9.17, 15) is 9.65 Å². The molecule has 5 heteroatoms. The second-order valence-electron chi connectivity index (χ2n) is 8.57. The van der Waals surface area contributed by atoms with Crippen LogP contribution in [0.3, 0.4) is 0 Å². The monoisotopic (exact) mass is 406 g/mol. The summed E-state index contributed by atoms with van der Waals surface area (Å²) in [5.74, 6) is 1.61. The lowest BCUT2D eigenvalue weighted by molar-refractivity contribution is 0.218. The van der Waals surface area contributed by atoms with Gasteiger partial charge in [-0.15, -0.1) is 11.3 Å². The molecule has 3 aromatic rings. The highest BCUT2D eigenvalue weighted by Crippen LogP contribution is 2.44. The first-order valence-electron chi connectivity index (χ1n) is 9.79. The van der Waals surface area contributed by atoms with Gasteiger partial charge < -0.3 is 4.42 Å². The Morgan fingerprint density at radius 3 is 2.66 bits per heavy atom. The van der Waals surface area contributed by atoms with Crippen LogP contribution in [0, 0.1) is 28.5 Å². The molecule has 0 radical (unpaired) electrons. The quantitative estimate of drug-likeness (QED) is 0.443. The Morgan fingerprint density at radius 1 is 1.21 bits per heavy atom. The van der Waals surface area contributed by atoms with E-state index in [0.717, 1.165) is 29.8 Å². The lowest BCUT2D eigenvalue weighted by Crippen LogP contribution is -2.26. The molecule has 0 unspecified atom stereocenters. The summed E-state index contributed by atoms with van der Waals surface area (Å²) in [6.07, 6.45) is 4.74. The van der Waals surface area contributed by atoms with Gasteiger partial charge in [-0.3, -0.25) is 0 Å². The third-order valence-electron chi connectivity index (χ3n) is 5.65. The Bertz CT molecular complexity index is 1090. The normalized spacial score (nSPS) is 16.7. The molecule has 148 valence electrons. The van der Waals surface area contributed by atoms with E-state index < -0.39 is 0 Å². The van der Waals surface area contributed by atoms with E-state index in [2.05, 4.69) is 31.8 Å². The second kappa shape index (κ2) is 7.61. The van der Waals surface area contributed by atoms with Gasteiger partial charge in [0.2, 0.25) is 0 Å². The van der Waals surface area contributed by atoms with Crippen LogP contribution in [-0.2, 0) is 12.8 Å². The van der Waals surface area contributed by atoms with Crippen molar-refractivity contribution >= 4 is 22.6 Å². The van der Waals surface area contributed by atoms with Crippen molar-refractivity contribution in [1.29, 1.82) is 5.26 Å². The fourth-order valence-corrected chi connectivity index (χ4v) is 5.05. The smallest absolute Gasteiger partial charge is 0.145 e. The highest BCUT2D eigenvalue weighted by molar-refractivity contribution is 7.16. The van der Waals surface area contributed by atoms with Gasteiger partial charge in [-0.05, 0) is 72.6 Å². The Morgan fingerprint density at radius 2 is 1.97 bits per heavy atom. The molecule has 2 heterocycles. The van der Waals surface area contributed by atoms with Crippen molar-refractivity contribution in [3.05, 3.63) is 64.0 Å². The van der Waals surface area contributed by atoms with Crippen LogP contribution in [0.5, 0.6) is 0 Å². The fourth-order valence-electron chi connectivity index (χ4n) is 3.83. The summed E-state index contributed by atoms with van der Waals surface area (Å²) in [5.41, 5.74) is 2.96. The highest BCUT2D eigenvalue weighted by Gasteiger charge is 2.32. The van der Waals surface area contributed by atoms with Crippen LogP contribution in [0.4, 0.5) is 9.39 Å². The first-order chi connectivity index (χ1) is 13.8. The maximum absolute atomic E-state index is 13.1. The number of aliphatic imine (C=N–C) groups is 1. The van der Waals surface area contributed by atoms with Crippen molar-refractivity contribution in [3.8, 4) is 17.4 Å². The van der Waals surface area contributed by atoms with E-state index in [1.807, 2.05) is 12.1 Å². The molecule has 1 aromatic carbocycles. The minimum atomic E-state index is -0.276. The third kappa shape index (κ3) is 4.04. The van der Waals surface area contributed by atoms with Gasteiger partial charge in [-0.2, -0.15) is 5.26 Å². The molecule has 0 saturated heterocycles. The molecule has 0 amide bonds. The molecule has 0 aliphatic heterocycles. The zero-order chi connectivity index (χ0) is 20.6. The number of fused-ring (bicyclic) bond motifs is 1. The average molecular weight is 407 g/mol. The van der Waals surface area contributed by atoms with Crippen LogP contribution in [0.1, 0.15) is 49.0 Å². The summed E-state index contributed by atoms with van der Waals surface area (Å²) >= 11 is 1.63. The van der Waals surface area contributed by atoms with Gasteiger partial charge in [0.1, 0.15) is 28.4 Å². The van der Waals surface area contributed by atoms with E-state index >= 15 is 0 Å². The van der Waals surface area contributed by atoms with Gasteiger partial charge in [0.05, 0.1) is 11.8 Å². The Hall–Kier alpha value is -2.71. The molecule has 1 aliphatic carbocycles. The molecule has 0 saturated carbocycles. The minimum absolute atomic E-state index is 0.267. The topological polar surface area (TPSA) is 49.3 Å². The zero-order valence-corrected chi connectivity index (χ0v) is 17.6. The number of nitriles is 1. The fraction of sp³-hybridized carbons (Fsp3) is 0.333. The van der Waals surface area contributed by atoms with Crippen LogP contribution < -0.4 is 0 Å². The van der Waals surface area contributed by atoms with E-state index in [1.165, 1.54) is 22.6 Å². The van der Waals surface area contributed by atoms with Gasteiger partial charge >= 0.3 is 0 Å². The molecule has 0 N–H and O–H groups in total. The molecule has 1 aliphatic rings. The van der Waals surface area contributed by atoms with Gasteiger partial charge in [0.25, 0.3) is 0 Å². The molecular weight excluding hydrogens is 383 g/mol. The first-order valence-corrected chi connectivity index (χ1v) is 10.6. The highest BCUT2D eigenvalue weighted by atomic mass is 32.1. The van der Waals surface area contributed by atoms with E-state index in [4.69, 9.17) is 4.42 Å². The molecule has 0 fully saturated rings. The molecule has 3 nitrogen and oxygen atoms in total. The molecule has 29 heavy (non-hydrogen) atoms. The largest absolute Gasteiger partial charge is 0.455 e. The van der Waals surface area contributed by atoms with Crippen LogP contribution in [-0.4, -0.2) is 6.21 Å². The summed E-state index contributed by atoms with van der Waals surface area (Å²) in [6.45, 7) is 6.86. The van der Waals surface area contributed by atoms with Crippen molar-refractivity contribution in [2.24, 2.45) is 16.3 Å². The van der Waals surface area contributed by atoms with Gasteiger partial charge in [0.15, 0.2) is 0 Å². The van der Waals surface area contributed by atoms with Crippen LogP contribution in [0.25, 0.3) is 11.3 Å². The molecular formula is C24H23FN2OS. The number of hydrogen-bond donors (Lipinski definition) is 0. The maximum Gasteiger partial charge on any atom is 0.145 e. The predicted octanol–water partition coefficient (Wildman–Crippen LogP) is 6.92. The molecule has 2 aromatic heterocycles. The van der Waals surface area contributed by atoms with Crippen molar-refractivity contribution in [3.63, 3.8) is 0 Å². The molecule has 0 spiro atoms. The minimum Gasteiger partial charge on any atom is -0.455 e. The number of halogens is 1. The molecule has 1 atom stereocenters. The Kier molecular flexibility index (Phi) is 5.14. The number of benzene rings is 1. The Balaban J connectivity index is 1.58. The van der Waals surface area contributed by atoms with Crippen molar-refractivity contribution < 1.29 is 8.81 Å². The standard InChI is InChI=1S/C24H23FN2OS/c1-24(2,3)16-6-10-19-20(13-26)23(29-22(19)12-16)27-14-18-9-11-21(28-18)15-4-7-17(25)8-5-15/h4-5,7-9,11,14,16H,6,10,12H2,1-3H3/t16-/m0/s1. The van der Waals surface area contributed by atoms with Gasteiger partial charge in [-0.1, -0.05) is 20.8 Å². The number of rotatable bonds is 3. The SMILES string of the molecule is CC(C)(C)[C@H]1CCc2c(sc(N=Cc3ccc(-c4ccc(F)cc4)o3)c2C#N)C1. The molecule has 0 bridgehead atoms. The number of nitrogens with zero attached hydrogens (tertiary/aromatic N) is 2. The van der Waals surface area contributed by atoms with E-state index in [-0.39, 0.29) is 11.2 Å². The van der Waals surface area contributed by atoms with Crippen molar-refractivity contribution in [2.45, 2.75) is 40.0 Å². The summed E-state index contributed by atoms with van der Waals surface area (Å²) in [6, 6.07) is 12.2. The van der Waals surface area contributed by atoms with E-state index in [0.29, 0.717) is 23.0 Å². The van der Waals surface area contributed by atoms with Crippen LogP contribution in [0.15, 0.2) is 45.8 Å². The first kappa shape index (κ1) is 19.6. The van der Waals surface area contributed by atoms with Gasteiger partial charge in [-0.25, -0.2) is 9.38 Å². The summed E-state index contributed by atoms with van der Waals surface area (Å²) in [5, 5.41) is 10.4. The second-order valence-corrected chi connectivity index (χ2v) is 9.65. The van der Waals surface area contributed by atoms with E-state index in [1.54, 1.807) is 29.7 Å². The lowest BCUT2D eigenvalue weighted by Gasteiger charge is -2.33. The summed E-state index contributed by atoms with van der Waals surface area (Å²) < 4.78 is 18.9. The maximum atomic E-state index is 13.1. The third-order valence-corrected chi connectivity index (χ3v) is 6.81. The predicted molar refractivity (Wildman–Crippen MR) is 115 cm³/mol. The lowest BCUT2D eigenvalue weighted by atomic mass is 9.72. The molecule has 4 rings (SSSR count). The van der Waals surface area contributed by atoms with Crippen LogP contribution in [0.2, 0.25) is 0 Å². The number of furan rings is 1. The zero-order valence-electron chi connectivity index (χ0n) is 16.8. The number of thiophene rings is 1. The summed E-state index contributed by atoms with van der Waals surface area (Å²) in [4.78, 5) is 5.88. The summed E-state index contributed by atoms with van der Waals surface area (Å²) in [7, 11) is 0. The van der Waals surface area contributed by atoms with Crippen molar-refractivity contribution in [2.75, 3.05) is 0 Å². The average Bonchev–Trinajstić information content (AvgIpc) is 3.29. The van der Waals surface area contributed by atoms with Gasteiger partial charge in [0, 0.05) is 10.4 Å². The van der Waals surface area contributed by atoms with Crippen LogP contribution >= 0.6 is 11.3 Å². The Labute approximate surface area is 174 Å².